The van der Waals surface area contributed by atoms with E-state index in [1.807, 2.05) is 12.1 Å². The number of nitrogens with zero attached hydrogens (tertiary/aromatic N) is 2. The number of aryl methyl sites for hydroxylation is 3. The van der Waals surface area contributed by atoms with Crippen LogP contribution in [-0.2, 0) is 19.5 Å². The minimum atomic E-state index is 0.00192. The molecule has 1 N–H and O–H groups in total. The summed E-state index contributed by atoms with van der Waals surface area (Å²) in [5, 5.41) is 4.18. The number of nitrogens with one attached hydrogen (secondary N) is 1. The molecule has 1 unspecified atom stereocenters. The van der Waals surface area contributed by atoms with Crippen molar-refractivity contribution in [1.82, 2.24) is 14.8 Å². The normalized spacial score (nSPS) is 20.9. The number of fused-ring (bicyclic) bond motifs is 3. The molecule has 39 heavy (non-hydrogen) atoms. The van der Waals surface area contributed by atoms with Crippen LogP contribution in [0.25, 0.3) is 10.9 Å². The van der Waals surface area contributed by atoms with Gasteiger partial charge in [-0.3, -0.25) is 9.69 Å². The van der Waals surface area contributed by atoms with E-state index in [9.17, 15) is 4.79 Å². The predicted octanol–water partition coefficient (Wildman–Crippen LogP) is 7.15. The molecule has 4 heteroatoms. The second-order valence-electron chi connectivity index (χ2n) is 11.8. The van der Waals surface area contributed by atoms with Crippen molar-refractivity contribution in [2.75, 3.05) is 6.54 Å². The molecule has 0 aliphatic carbocycles. The van der Waals surface area contributed by atoms with Crippen LogP contribution in [0.15, 0.2) is 85.1 Å². The molecule has 1 aromatic heterocycles. The number of aromatic nitrogens is 1. The lowest BCUT2D eigenvalue weighted by atomic mass is 9.86. The third-order valence-corrected chi connectivity index (χ3v) is 9.05. The van der Waals surface area contributed by atoms with Crippen LogP contribution in [0.2, 0.25) is 0 Å². The highest BCUT2D eigenvalue weighted by Crippen LogP contribution is 2.40. The molecule has 2 aliphatic rings. The van der Waals surface area contributed by atoms with Crippen LogP contribution in [-0.4, -0.2) is 34.0 Å². The SMILES string of the molecule is Cc1cccc(CNC(=O)c2cn(CCCN3[C@@H]4CC[C@H]3CC(CCc3ccccc3)C4)c3ccccc23)c1. The van der Waals surface area contributed by atoms with Gasteiger partial charge in [0.1, 0.15) is 0 Å². The highest BCUT2D eigenvalue weighted by atomic mass is 16.1. The van der Waals surface area contributed by atoms with Crippen molar-refractivity contribution in [2.45, 2.75) is 77.0 Å². The Kier molecular flexibility index (Phi) is 7.83. The van der Waals surface area contributed by atoms with Crippen LogP contribution in [0.5, 0.6) is 0 Å². The fraction of sp³-hybridized carbons (Fsp3) is 0.400. The lowest BCUT2D eigenvalue weighted by molar-refractivity contribution is 0.0952. The molecule has 3 heterocycles. The van der Waals surface area contributed by atoms with Crippen LogP contribution in [0, 0.1) is 12.8 Å². The summed E-state index contributed by atoms with van der Waals surface area (Å²) in [7, 11) is 0. The van der Waals surface area contributed by atoms with E-state index in [4.69, 9.17) is 0 Å². The van der Waals surface area contributed by atoms with E-state index in [-0.39, 0.29) is 5.91 Å². The number of rotatable bonds is 10. The molecule has 3 atom stereocenters. The van der Waals surface area contributed by atoms with E-state index in [1.54, 1.807) is 0 Å². The molecule has 2 saturated heterocycles. The van der Waals surface area contributed by atoms with Gasteiger partial charge in [-0.25, -0.2) is 0 Å². The van der Waals surface area contributed by atoms with Crippen molar-refractivity contribution in [3.63, 3.8) is 0 Å². The average molecular weight is 520 g/mol. The molecular formula is C35H41N3O. The van der Waals surface area contributed by atoms with Gasteiger partial charge in [-0.15, -0.1) is 0 Å². The predicted molar refractivity (Wildman–Crippen MR) is 160 cm³/mol. The van der Waals surface area contributed by atoms with Crippen LogP contribution in [0.3, 0.4) is 0 Å². The number of hydrogen-bond acceptors (Lipinski definition) is 2. The molecule has 2 aliphatic heterocycles. The molecule has 2 fully saturated rings. The highest BCUT2D eigenvalue weighted by molar-refractivity contribution is 6.07. The van der Waals surface area contributed by atoms with Crippen molar-refractivity contribution in [2.24, 2.45) is 5.92 Å². The van der Waals surface area contributed by atoms with Crippen LogP contribution in [0.4, 0.5) is 0 Å². The average Bonchev–Trinajstić information content (AvgIpc) is 3.44. The molecule has 3 aromatic carbocycles. The lowest BCUT2D eigenvalue weighted by Crippen LogP contribution is -2.43. The van der Waals surface area contributed by atoms with Crippen molar-refractivity contribution < 1.29 is 4.79 Å². The van der Waals surface area contributed by atoms with Crippen LogP contribution in [0.1, 0.15) is 65.6 Å². The Hall–Kier alpha value is -3.37. The van der Waals surface area contributed by atoms with E-state index in [0.29, 0.717) is 6.54 Å². The van der Waals surface area contributed by atoms with E-state index < -0.39 is 0 Å². The van der Waals surface area contributed by atoms with Crippen molar-refractivity contribution in [1.29, 1.82) is 0 Å². The first-order valence-corrected chi connectivity index (χ1v) is 14.9. The number of carbonyl (C=O) groups is 1. The van der Waals surface area contributed by atoms with E-state index in [1.165, 1.54) is 49.7 Å². The molecule has 1 amide bonds. The van der Waals surface area contributed by atoms with Gasteiger partial charge in [0.15, 0.2) is 0 Å². The smallest absolute Gasteiger partial charge is 0.253 e. The summed E-state index contributed by atoms with van der Waals surface area (Å²) in [5.74, 6) is 0.871. The van der Waals surface area contributed by atoms with Gasteiger partial charge in [0.25, 0.3) is 5.91 Å². The summed E-state index contributed by atoms with van der Waals surface area (Å²) >= 11 is 0. The third kappa shape index (κ3) is 5.96. The van der Waals surface area contributed by atoms with Crippen molar-refractivity contribution >= 4 is 16.8 Å². The maximum absolute atomic E-state index is 13.2. The Morgan fingerprint density at radius 1 is 0.872 bits per heavy atom. The Morgan fingerprint density at radius 2 is 1.62 bits per heavy atom. The first kappa shape index (κ1) is 25.9. The van der Waals surface area contributed by atoms with Crippen molar-refractivity contribution in [3.8, 4) is 0 Å². The number of piperidine rings is 1. The fourth-order valence-corrected chi connectivity index (χ4v) is 7.14. The monoisotopic (exact) mass is 519 g/mol. The lowest BCUT2D eigenvalue weighted by Gasteiger charge is -2.39. The second-order valence-corrected chi connectivity index (χ2v) is 11.8. The Labute approximate surface area is 233 Å². The molecule has 4 nitrogen and oxygen atoms in total. The molecular weight excluding hydrogens is 478 g/mol. The van der Waals surface area contributed by atoms with E-state index in [0.717, 1.165) is 59.5 Å². The molecule has 202 valence electrons. The fourth-order valence-electron chi connectivity index (χ4n) is 7.14. The Bertz CT molecular complexity index is 1390. The van der Waals surface area contributed by atoms with Gasteiger partial charge in [0, 0.05) is 48.8 Å². The molecule has 0 saturated carbocycles. The van der Waals surface area contributed by atoms with Crippen LogP contribution >= 0.6 is 0 Å². The quantitative estimate of drug-likeness (QED) is 0.242. The minimum absolute atomic E-state index is 0.00192. The maximum atomic E-state index is 13.2. The van der Waals surface area contributed by atoms with Gasteiger partial charge >= 0.3 is 0 Å². The summed E-state index contributed by atoms with van der Waals surface area (Å²) in [6.07, 6.45) is 11.2. The number of amides is 1. The standard InChI is InChI=1S/C35H41N3O/c1-26-9-7-12-29(21-26)24-36-35(39)33-25-37(34-14-6-5-13-32(33)34)19-8-20-38-30-17-18-31(38)23-28(22-30)16-15-27-10-3-2-4-11-27/h2-7,9-14,21,25,28,30-31H,8,15-20,22-24H2,1H3,(H,36,39)/t28?,30-,31+. The summed E-state index contributed by atoms with van der Waals surface area (Å²) in [4.78, 5) is 16.0. The van der Waals surface area contributed by atoms with Gasteiger partial charge in [0.2, 0.25) is 0 Å². The summed E-state index contributed by atoms with van der Waals surface area (Å²) in [6, 6.07) is 29.2. The topological polar surface area (TPSA) is 37.3 Å². The number of hydrogen-bond donors (Lipinski definition) is 1. The van der Waals surface area contributed by atoms with Crippen molar-refractivity contribution in [3.05, 3.63) is 107 Å². The molecule has 0 spiro atoms. The molecule has 6 rings (SSSR count). The van der Waals surface area contributed by atoms with Gasteiger partial charge in [-0.2, -0.15) is 0 Å². The first-order chi connectivity index (χ1) is 19.1. The molecule has 2 bridgehead atoms. The Morgan fingerprint density at radius 3 is 2.41 bits per heavy atom. The van der Waals surface area contributed by atoms with E-state index in [2.05, 4.69) is 94.6 Å². The summed E-state index contributed by atoms with van der Waals surface area (Å²) in [6.45, 7) is 4.73. The zero-order chi connectivity index (χ0) is 26.6. The Balaban J connectivity index is 1.05. The van der Waals surface area contributed by atoms with Gasteiger partial charge in [-0.1, -0.05) is 78.4 Å². The molecule has 4 aromatic rings. The number of para-hydroxylation sites is 1. The third-order valence-electron chi connectivity index (χ3n) is 9.05. The maximum Gasteiger partial charge on any atom is 0.253 e. The summed E-state index contributed by atoms with van der Waals surface area (Å²) in [5.41, 5.74) is 5.75. The summed E-state index contributed by atoms with van der Waals surface area (Å²) < 4.78 is 2.30. The first-order valence-electron chi connectivity index (χ1n) is 14.9. The van der Waals surface area contributed by atoms with E-state index >= 15 is 0 Å². The van der Waals surface area contributed by atoms with Gasteiger partial charge in [-0.05, 0) is 75.0 Å². The zero-order valence-electron chi connectivity index (χ0n) is 23.2. The van der Waals surface area contributed by atoms with Crippen LogP contribution < -0.4 is 5.32 Å². The minimum Gasteiger partial charge on any atom is -0.348 e. The highest BCUT2D eigenvalue weighted by Gasteiger charge is 2.39. The second kappa shape index (κ2) is 11.8. The van der Waals surface area contributed by atoms with Gasteiger partial charge in [0.05, 0.1) is 5.56 Å². The number of carbonyl (C=O) groups excluding carboxylic acids is 1. The zero-order valence-corrected chi connectivity index (χ0v) is 23.2. The largest absolute Gasteiger partial charge is 0.348 e. The van der Waals surface area contributed by atoms with Gasteiger partial charge < -0.3 is 9.88 Å². The number of benzene rings is 3. The molecule has 0 radical (unpaired) electrons.